The first-order valence-electron chi connectivity index (χ1n) is 6.58. The Morgan fingerprint density at radius 2 is 2.11 bits per heavy atom. The maximum Gasteiger partial charge on any atom is 0.123 e. The Bertz CT molecular complexity index is 408. The quantitative estimate of drug-likeness (QED) is 0.830. The minimum Gasteiger partial charge on any atom is -0.494 e. The topological polar surface area (TPSA) is 41.7 Å². The fourth-order valence-corrected chi connectivity index (χ4v) is 2.32. The van der Waals surface area contributed by atoms with E-state index in [1.807, 2.05) is 19.1 Å². The number of anilines is 2. The van der Waals surface area contributed by atoms with E-state index >= 15 is 0 Å². The molecule has 2 rings (SSSR count). The van der Waals surface area contributed by atoms with Gasteiger partial charge in [-0.2, -0.15) is 0 Å². The highest BCUT2D eigenvalue weighted by molar-refractivity contribution is 5.60. The highest BCUT2D eigenvalue weighted by Crippen LogP contribution is 2.27. The summed E-state index contributed by atoms with van der Waals surface area (Å²) < 4.78 is 5.55. The largest absolute Gasteiger partial charge is 0.494 e. The van der Waals surface area contributed by atoms with Crippen molar-refractivity contribution in [3.63, 3.8) is 0 Å². The fraction of sp³-hybridized carbons (Fsp3) is 0.571. The van der Waals surface area contributed by atoms with E-state index < -0.39 is 0 Å². The molecule has 1 unspecified atom stereocenters. The zero-order chi connectivity index (χ0) is 13.1. The van der Waals surface area contributed by atoms with Crippen LogP contribution in [0.5, 0.6) is 5.75 Å². The summed E-state index contributed by atoms with van der Waals surface area (Å²) in [6, 6.07) is 6.56. The Balaban J connectivity index is 2.17. The second kappa shape index (κ2) is 5.48. The number of benzene rings is 1. The molecule has 0 saturated carbocycles. The van der Waals surface area contributed by atoms with Crippen LogP contribution < -0.4 is 15.4 Å². The number of rotatable bonds is 3. The van der Waals surface area contributed by atoms with Gasteiger partial charge in [-0.3, -0.25) is 0 Å². The number of nitrogens with two attached hydrogens (primary N) is 1. The van der Waals surface area contributed by atoms with Gasteiger partial charge in [0.05, 0.1) is 6.61 Å². The molecule has 1 aliphatic heterocycles. The smallest absolute Gasteiger partial charge is 0.123 e. The van der Waals surface area contributed by atoms with Gasteiger partial charge in [0, 0.05) is 49.2 Å². The summed E-state index contributed by atoms with van der Waals surface area (Å²) >= 11 is 0. The molecule has 4 heteroatoms. The molecule has 1 aliphatic rings. The van der Waals surface area contributed by atoms with Crippen molar-refractivity contribution in [1.82, 2.24) is 4.90 Å². The lowest BCUT2D eigenvalue weighted by molar-refractivity contribution is 0.234. The number of hydrogen-bond acceptors (Lipinski definition) is 4. The van der Waals surface area contributed by atoms with Gasteiger partial charge in [-0.05, 0) is 27.0 Å². The van der Waals surface area contributed by atoms with Gasteiger partial charge in [-0.1, -0.05) is 0 Å². The minimum absolute atomic E-state index is 0.565. The molecule has 1 aromatic rings. The van der Waals surface area contributed by atoms with Crippen LogP contribution in [0.2, 0.25) is 0 Å². The first-order valence-corrected chi connectivity index (χ1v) is 6.58. The van der Waals surface area contributed by atoms with Crippen LogP contribution >= 0.6 is 0 Å². The van der Waals surface area contributed by atoms with Gasteiger partial charge in [-0.15, -0.1) is 0 Å². The molecule has 4 nitrogen and oxygen atoms in total. The van der Waals surface area contributed by atoms with E-state index in [0.717, 1.165) is 31.1 Å². The van der Waals surface area contributed by atoms with Gasteiger partial charge in [0.1, 0.15) is 5.75 Å². The molecule has 0 aromatic heterocycles. The van der Waals surface area contributed by atoms with Crippen LogP contribution in [-0.4, -0.2) is 44.2 Å². The van der Waals surface area contributed by atoms with E-state index in [1.54, 1.807) is 0 Å². The lowest BCUT2D eigenvalue weighted by atomic mass is 10.1. The summed E-state index contributed by atoms with van der Waals surface area (Å²) in [6.07, 6.45) is 0. The predicted molar refractivity (Wildman–Crippen MR) is 76.3 cm³/mol. The fourth-order valence-electron chi connectivity index (χ4n) is 2.32. The zero-order valence-corrected chi connectivity index (χ0v) is 11.5. The first-order chi connectivity index (χ1) is 8.60. The van der Waals surface area contributed by atoms with Crippen molar-refractivity contribution in [2.75, 3.05) is 43.9 Å². The molecule has 1 fully saturated rings. The molecule has 100 valence electrons. The molecule has 1 aromatic carbocycles. The van der Waals surface area contributed by atoms with Gasteiger partial charge >= 0.3 is 0 Å². The Labute approximate surface area is 109 Å². The second-order valence-electron chi connectivity index (χ2n) is 4.97. The standard InChI is InChI=1S/C14H23N3O/c1-4-18-14-8-12(15)7-13(9-14)17-6-5-16(3)11(2)10-17/h7-9,11H,4-6,10,15H2,1-3H3. The van der Waals surface area contributed by atoms with Gasteiger partial charge in [0.25, 0.3) is 0 Å². The first kappa shape index (κ1) is 13.0. The zero-order valence-electron chi connectivity index (χ0n) is 11.5. The van der Waals surface area contributed by atoms with Gasteiger partial charge in [0.2, 0.25) is 0 Å². The normalized spacial score (nSPS) is 21.1. The van der Waals surface area contributed by atoms with Crippen molar-refractivity contribution >= 4 is 11.4 Å². The molecule has 0 radical (unpaired) electrons. The third-order valence-corrected chi connectivity index (χ3v) is 3.55. The third-order valence-electron chi connectivity index (χ3n) is 3.55. The predicted octanol–water partition coefficient (Wildman–Crippen LogP) is 1.81. The summed E-state index contributed by atoms with van der Waals surface area (Å²) in [4.78, 5) is 4.76. The van der Waals surface area contributed by atoms with Crippen molar-refractivity contribution < 1.29 is 4.74 Å². The van der Waals surface area contributed by atoms with Gasteiger partial charge < -0.3 is 20.3 Å². The maximum absolute atomic E-state index is 5.94. The van der Waals surface area contributed by atoms with Crippen LogP contribution in [0.15, 0.2) is 18.2 Å². The lowest BCUT2D eigenvalue weighted by Gasteiger charge is -2.39. The van der Waals surface area contributed by atoms with Crippen LogP contribution in [-0.2, 0) is 0 Å². The van der Waals surface area contributed by atoms with Crippen LogP contribution in [0.25, 0.3) is 0 Å². The highest BCUT2D eigenvalue weighted by atomic mass is 16.5. The SMILES string of the molecule is CCOc1cc(N)cc(N2CCN(C)C(C)C2)c1. The Kier molecular flexibility index (Phi) is 3.97. The van der Waals surface area contributed by atoms with Crippen molar-refractivity contribution in [1.29, 1.82) is 0 Å². The molecular weight excluding hydrogens is 226 g/mol. The summed E-state index contributed by atoms with van der Waals surface area (Å²) in [5, 5.41) is 0. The molecule has 1 heterocycles. The molecule has 0 aliphatic carbocycles. The van der Waals surface area contributed by atoms with Crippen molar-refractivity contribution in [2.45, 2.75) is 19.9 Å². The number of nitrogen functional groups attached to an aromatic ring is 1. The number of nitrogens with zero attached hydrogens (tertiary/aromatic N) is 2. The second-order valence-corrected chi connectivity index (χ2v) is 4.97. The van der Waals surface area contributed by atoms with E-state index in [1.165, 1.54) is 5.69 Å². The molecule has 0 bridgehead atoms. The Hall–Kier alpha value is -1.42. The number of piperazine rings is 1. The summed E-state index contributed by atoms with van der Waals surface area (Å²) in [5.41, 5.74) is 7.87. The summed E-state index contributed by atoms with van der Waals surface area (Å²) in [6.45, 7) is 8.06. The van der Waals surface area contributed by atoms with Crippen molar-refractivity contribution in [2.24, 2.45) is 0 Å². The molecule has 1 saturated heterocycles. The molecular formula is C14H23N3O. The molecule has 0 amide bonds. The molecule has 1 atom stereocenters. The number of ether oxygens (including phenoxy) is 1. The molecule has 0 spiro atoms. The summed E-state index contributed by atoms with van der Waals surface area (Å²) in [7, 11) is 2.17. The van der Waals surface area contributed by atoms with Crippen LogP contribution in [0.4, 0.5) is 11.4 Å². The monoisotopic (exact) mass is 249 g/mol. The van der Waals surface area contributed by atoms with Crippen LogP contribution in [0.1, 0.15) is 13.8 Å². The Morgan fingerprint density at radius 3 is 2.78 bits per heavy atom. The van der Waals surface area contributed by atoms with E-state index in [2.05, 4.69) is 29.8 Å². The van der Waals surface area contributed by atoms with E-state index in [4.69, 9.17) is 10.5 Å². The summed E-state index contributed by atoms with van der Waals surface area (Å²) in [5.74, 6) is 0.860. The van der Waals surface area contributed by atoms with Crippen molar-refractivity contribution in [3.8, 4) is 5.75 Å². The van der Waals surface area contributed by atoms with E-state index in [9.17, 15) is 0 Å². The molecule has 2 N–H and O–H groups in total. The highest BCUT2D eigenvalue weighted by Gasteiger charge is 2.21. The van der Waals surface area contributed by atoms with Gasteiger partial charge in [-0.25, -0.2) is 0 Å². The van der Waals surface area contributed by atoms with Crippen LogP contribution in [0.3, 0.4) is 0 Å². The van der Waals surface area contributed by atoms with Crippen LogP contribution in [0, 0.1) is 0 Å². The average molecular weight is 249 g/mol. The minimum atomic E-state index is 0.565. The number of hydrogen-bond donors (Lipinski definition) is 1. The average Bonchev–Trinajstić information content (AvgIpc) is 2.32. The van der Waals surface area contributed by atoms with Gasteiger partial charge in [0.15, 0.2) is 0 Å². The van der Waals surface area contributed by atoms with Crippen molar-refractivity contribution in [3.05, 3.63) is 18.2 Å². The van der Waals surface area contributed by atoms with E-state index in [-0.39, 0.29) is 0 Å². The van der Waals surface area contributed by atoms with E-state index in [0.29, 0.717) is 12.6 Å². The maximum atomic E-state index is 5.94. The lowest BCUT2D eigenvalue weighted by Crippen LogP contribution is -2.50. The third kappa shape index (κ3) is 2.88. The Morgan fingerprint density at radius 1 is 1.33 bits per heavy atom. The molecule has 18 heavy (non-hydrogen) atoms. The number of likely N-dealkylation sites (N-methyl/N-ethyl adjacent to an activating group) is 1.